The van der Waals surface area contributed by atoms with Gasteiger partial charge in [0.05, 0.1) is 12.0 Å². The molecule has 0 aliphatic carbocycles. The molecule has 1 fully saturated rings. The van der Waals surface area contributed by atoms with Crippen molar-refractivity contribution < 1.29 is 9.90 Å². The average Bonchev–Trinajstić information content (AvgIpc) is 2.49. The Labute approximate surface area is 119 Å². The SMILES string of the molecule is CCc1ccc(C(C#N)N2CCCC(C(=O)O)C2)cc1. The third-order valence-electron chi connectivity index (χ3n) is 3.99. The summed E-state index contributed by atoms with van der Waals surface area (Å²) < 4.78 is 0. The van der Waals surface area contributed by atoms with E-state index in [9.17, 15) is 10.1 Å². The number of aryl methyl sites for hydroxylation is 1. The van der Waals surface area contributed by atoms with Crippen molar-refractivity contribution in [2.24, 2.45) is 5.92 Å². The molecule has 2 atom stereocenters. The third-order valence-corrected chi connectivity index (χ3v) is 3.99. The summed E-state index contributed by atoms with van der Waals surface area (Å²) in [5, 5.41) is 18.6. The molecule has 1 saturated heterocycles. The van der Waals surface area contributed by atoms with Crippen LogP contribution in [-0.4, -0.2) is 29.1 Å². The lowest BCUT2D eigenvalue weighted by Crippen LogP contribution is -2.40. The van der Waals surface area contributed by atoms with Crippen LogP contribution in [0, 0.1) is 17.2 Å². The Hall–Kier alpha value is -1.86. The lowest BCUT2D eigenvalue weighted by Gasteiger charge is -2.33. The fourth-order valence-corrected chi connectivity index (χ4v) is 2.75. The Bertz CT molecular complexity index is 504. The second-order valence-corrected chi connectivity index (χ2v) is 5.30. The fourth-order valence-electron chi connectivity index (χ4n) is 2.75. The van der Waals surface area contributed by atoms with Gasteiger partial charge in [-0.2, -0.15) is 5.26 Å². The van der Waals surface area contributed by atoms with E-state index >= 15 is 0 Å². The molecular formula is C16H20N2O2. The second-order valence-electron chi connectivity index (χ2n) is 5.30. The molecule has 0 saturated carbocycles. The first-order valence-corrected chi connectivity index (χ1v) is 7.11. The number of nitriles is 1. The van der Waals surface area contributed by atoms with Gasteiger partial charge in [-0.3, -0.25) is 9.69 Å². The number of hydrogen-bond acceptors (Lipinski definition) is 3. The Morgan fingerprint density at radius 1 is 1.50 bits per heavy atom. The van der Waals surface area contributed by atoms with Crippen LogP contribution in [0.1, 0.15) is 36.9 Å². The van der Waals surface area contributed by atoms with Gasteiger partial charge in [-0.1, -0.05) is 31.2 Å². The predicted molar refractivity (Wildman–Crippen MR) is 76.1 cm³/mol. The minimum absolute atomic E-state index is 0.344. The van der Waals surface area contributed by atoms with E-state index in [1.54, 1.807) is 0 Å². The monoisotopic (exact) mass is 272 g/mol. The Morgan fingerprint density at radius 3 is 2.75 bits per heavy atom. The summed E-state index contributed by atoms with van der Waals surface area (Å²) in [5.41, 5.74) is 2.20. The average molecular weight is 272 g/mol. The highest BCUT2D eigenvalue weighted by Gasteiger charge is 2.30. The normalized spacial score (nSPS) is 21.1. The molecule has 20 heavy (non-hydrogen) atoms. The van der Waals surface area contributed by atoms with Crippen LogP contribution in [0.5, 0.6) is 0 Å². The topological polar surface area (TPSA) is 64.3 Å². The predicted octanol–water partition coefficient (Wildman–Crippen LogP) is 2.61. The van der Waals surface area contributed by atoms with Crippen molar-refractivity contribution in [1.82, 2.24) is 4.90 Å². The van der Waals surface area contributed by atoms with Gasteiger partial charge in [0.15, 0.2) is 0 Å². The molecule has 0 spiro atoms. The van der Waals surface area contributed by atoms with Crippen molar-refractivity contribution >= 4 is 5.97 Å². The minimum atomic E-state index is -0.757. The number of benzene rings is 1. The molecule has 0 radical (unpaired) electrons. The largest absolute Gasteiger partial charge is 0.481 e. The number of likely N-dealkylation sites (tertiary alicyclic amines) is 1. The number of hydrogen-bond donors (Lipinski definition) is 1. The van der Waals surface area contributed by atoms with Crippen LogP contribution in [0.2, 0.25) is 0 Å². The van der Waals surface area contributed by atoms with E-state index < -0.39 is 5.97 Å². The summed E-state index contributed by atoms with van der Waals surface area (Å²) in [4.78, 5) is 13.1. The number of carboxylic acid groups (broad SMARTS) is 1. The highest BCUT2D eigenvalue weighted by Crippen LogP contribution is 2.27. The van der Waals surface area contributed by atoms with E-state index in [1.165, 1.54) is 5.56 Å². The van der Waals surface area contributed by atoms with Crippen LogP contribution in [0.3, 0.4) is 0 Å². The van der Waals surface area contributed by atoms with Gasteiger partial charge in [0, 0.05) is 6.54 Å². The lowest BCUT2D eigenvalue weighted by molar-refractivity contribution is -0.143. The Kier molecular flexibility index (Phi) is 4.75. The first-order chi connectivity index (χ1) is 9.65. The summed E-state index contributed by atoms with van der Waals surface area (Å²) in [5.74, 6) is -1.11. The molecule has 0 bridgehead atoms. The first kappa shape index (κ1) is 14.5. The van der Waals surface area contributed by atoms with Crippen molar-refractivity contribution in [2.45, 2.75) is 32.2 Å². The van der Waals surface area contributed by atoms with E-state index in [2.05, 4.69) is 13.0 Å². The minimum Gasteiger partial charge on any atom is -0.481 e. The lowest BCUT2D eigenvalue weighted by atomic mass is 9.95. The zero-order chi connectivity index (χ0) is 14.5. The molecular weight excluding hydrogens is 252 g/mol. The van der Waals surface area contributed by atoms with Crippen LogP contribution in [0.15, 0.2) is 24.3 Å². The molecule has 2 unspecified atom stereocenters. The van der Waals surface area contributed by atoms with Gasteiger partial charge in [0.25, 0.3) is 0 Å². The number of piperidine rings is 1. The van der Waals surface area contributed by atoms with Crippen molar-refractivity contribution in [3.05, 3.63) is 35.4 Å². The number of carbonyl (C=O) groups is 1. The Balaban J connectivity index is 2.14. The van der Waals surface area contributed by atoms with Crippen molar-refractivity contribution in [1.29, 1.82) is 5.26 Å². The molecule has 0 aromatic heterocycles. The third kappa shape index (κ3) is 3.17. The van der Waals surface area contributed by atoms with Gasteiger partial charge < -0.3 is 5.11 Å². The zero-order valence-corrected chi connectivity index (χ0v) is 11.7. The fraction of sp³-hybridized carbons (Fsp3) is 0.500. The maximum atomic E-state index is 11.1. The summed E-state index contributed by atoms with van der Waals surface area (Å²) in [7, 11) is 0. The van der Waals surface area contributed by atoms with Gasteiger partial charge in [-0.25, -0.2) is 0 Å². The molecule has 1 aliphatic heterocycles. The maximum Gasteiger partial charge on any atom is 0.307 e. The van der Waals surface area contributed by atoms with Gasteiger partial charge in [0.2, 0.25) is 0 Å². The molecule has 2 rings (SSSR count). The number of rotatable bonds is 4. The highest BCUT2D eigenvalue weighted by atomic mass is 16.4. The summed E-state index contributed by atoms with van der Waals surface area (Å²) in [6, 6.07) is 10.0. The van der Waals surface area contributed by atoms with Crippen LogP contribution in [0.4, 0.5) is 0 Å². The first-order valence-electron chi connectivity index (χ1n) is 7.11. The van der Waals surface area contributed by atoms with E-state index in [0.29, 0.717) is 13.0 Å². The maximum absolute atomic E-state index is 11.1. The van der Waals surface area contributed by atoms with E-state index in [4.69, 9.17) is 5.11 Å². The molecule has 4 heteroatoms. The molecule has 1 aromatic rings. The smallest absolute Gasteiger partial charge is 0.307 e. The van der Waals surface area contributed by atoms with Crippen LogP contribution >= 0.6 is 0 Å². The van der Waals surface area contributed by atoms with Crippen molar-refractivity contribution in [3.63, 3.8) is 0 Å². The summed E-state index contributed by atoms with van der Waals surface area (Å²) >= 11 is 0. The number of carboxylic acids is 1. The molecule has 1 heterocycles. The quantitative estimate of drug-likeness (QED) is 0.915. The number of nitrogens with zero attached hydrogens (tertiary/aromatic N) is 2. The van der Waals surface area contributed by atoms with Crippen LogP contribution in [-0.2, 0) is 11.2 Å². The van der Waals surface area contributed by atoms with Gasteiger partial charge in [-0.05, 0) is 36.9 Å². The van der Waals surface area contributed by atoms with Crippen LogP contribution in [0.25, 0.3) is 0 Å². The summed E-state index contributed by atoms with van der Waals surface area (Å²) in [6.45, 7) is 3.35. The molecule has 1 N–H and O–H groups in total. The highest BCUT2D eigenvalue weighted by molar-refractivity contribution is 5.70. The summed E-state index contributed by atoms with van der Waals surface area (Å²) in [6.07, 6.45) is 2.52. The Morgan fingerprint density at radius 2 is 2.20 bits per heavy atom. The zero-order valence-electron chi connectivity index (χ0n) is 11.7. The van der Waals surface area contributed by atoms with Gasteiger partial charge in [0.1, 0.15) is 6.04 Å². The van der Waals surface area contributed by atoms with Crippen molar-refractivity contribution in [2.75, 3.05) is 13.1 Å². The number of aliphatic carboxylic acids is 1. The molecule has 106 valence electrons. The molecule has 4 nitrogen and oxygen atoms in total. The van der Waals surface area contributed by atoms with E-state index in [-0.39, 0.29) is 12.0 Å². The second kappa shape index (κ2) is 6.53. The van der Waals surface area contributed by atoms with Gasteiger partial charge >= 0.3 is 5.97 Å². The van der Waals surface area contributed by atoms with Gasteiger partial charge in [-0.15, -0.1) is 0 Å². The van der Waals surface area contributed by atoms with E-state index in [1.807, 2.05) is 29.2 Å². The molecule has 1 aliphatic rings. The molecule has 0 amide bonds. The van der Waals surface area contributed by atoms with Crippen LogP contribution < -0.4 is 0 Å². The standard InChI is InChI=1S/C16H20N2O2/c1-2-12-5-7-13(8-6-12)15(10-17)18-9-3-4-14(11-18)16(19)20/h5-8,14-15H,2-4,9,11H2,1H3,(H,19,20). The van der Waals surface area contributed by atoms with Crippen molar-refractivity contribution in [3.8, 4) is 6.07 Å². The van der Waals surface area contributed by atoms with E-state index in [0.717, 1.165) is 24.9 Å². The molecule has 1 aromatic carbocycles.